The molecule has 1 amide bonds. The highest BCUT2D eigenvalue weighted by Gasteiger charge is 2.30. The molecule has 90 valence electrons. The first-order valence-electron chi connectivity index (χ1n) is 6.07. The number of hydrogen-bond acceptors (Lipinski definition) is 2. The lowest BCUT2D eigenvalue weighted by atomic mass is 9.80. The number of terminal acetylenes is 1. The van der Waals surface area contributed by atoms with Gasteiger partial charge in [-0.15, -0.1) is 12.3 Å². The zero-order chi connectivity index (χ0) is 12.0. The van der Waals surface area contributed by atoms with Gasteiger partial charge in [0, 0.05) is 24.4 Å². The van der Waals surface area contributed by atoms with Crippen LogP contribution in [0.1, 0.15) is 51.9 Å². The van der Waals surface area contributed by atoms with Crippen molar-refractivity contribution >= 4 is 5.91 Å². The standard InChI is InChI=1S/C13H22N2O/c1-3-7-11(2)15-12(16)10-13(14)8-5-4-6-9-13/h1,11H,4-10,14H2,2H3,(H,15,16). The first-order chi connectivity index (χ1) is 7.56. The minimum Gasteiger partial charge on any atom is -0.353 e. The Hall–Kier alpha value is -1.01. The molecule has 1 saturated carbocycles. The van der Waals surface area contributed by atoms with E-state index in [-0.39, 0.29) is 17.5 Å². The summed E-state index contributed by atoms with van der Waals surface area (Å²) in [7, 11) is 0. The maximum absolute atomic E-state index is 11.7. The van der Waals surface area contributed by atoms with Crippen molar-refractivity contribution < 1.29 is 4.79 Å². The van der Waals surface area contributed by atoms with Gasteiger partial charge in [0.15, 0.2) is 0 Å². The maximum Gasteiger partial charge on any atom is 0.222 e. The molecule has 1 rings (SSSR count). The molecule has 0 aliphatic heterocycles. The Bertz CT molecular complexity index is 274. The van der Waals surface area contributed by atoms with Crippen LogP contribution < -0.4 is 11.1 Å². The smallest absolute Gasteiger partial charge is 0.222 e. The average Bonchev–Trinajstić information content (AvgIpc) is 2.17. The van der Waals surface area contributed by atoms with Crippen molar-refractivity contribution in [3.05, 3.63) is 0 Å². The number of amides is 1. The van der Waals surface area contributed by atoms with E-state index in [1.165, 1.54) is 6.42 Å². The second-order valence-electron chi connectivity index (χ2n) is 4.98. The van der Waals surface area contributed by atoms with E-state index in [1.807, 2.05) is 6.92 Å². The van der Waals surface area contributed by atoms with E-state index in [4.69, 9.17) is 12.2 Å². The number of nitrogens with two attached hydrogens (primary N) is 1. The number of carbonyl (C=O) groups excluding carboxylic acids is 1. The summed E-state index contributed by atoms with van der Waals surface area (Å²) in [4.78, 5) is 11.7. The van der Waals surface area contributed by atoms with Gasteiger partial charge in [-0.25, -0.2) is 0 Å². The third kappa shape index (κ3) is 4.24. The van der Waals surface area contributed by atoms with Crippen LogP contribution in [0.2, 0.25) is 0 Å². The summed E-state index contributed by atoms with van der Waals surface area (Å²) < 4.78 is 0. The normalized spacial score (nSPS) is 20.8. The largest absolute Gasteiger partial charge is 0.353 e. The molecular formula is C13H22N2O. The molecule has 0 aromatic carbocycles. The molecule has 3 N–H and O–H groups in total. The van der Waals surface area contributed by atoms with E-state index >= 15 is 0 Å². The molecule has 1 atom stereocenters. The number of carbonyl (C=O) groups is 1. The Balaban J connectivity index is 2.35. The minimum atomic E-state index is -0.280. The van der Waals surface area contributed by atoms with Crippen LogP contribution in [0.5, 0.6) is 0 Å². The molecule has 0 heterocycles. The van der Waals surface area contributed by atoms with Crippen molar-refractivity contribution in [2.24, 2.45) is 5.73 Å². The zero-order valence-corrected chi connectivity index (χ0v) is 10.1. The van der Waals surface area contributed by atoms with E-state index in [2.05, 4.69) is 11.2 Å². The fraction of sp³-hybridized carbons (Fsp3) is 0.769. The van der Waals surface area contributed by atoms with Crippen molar-refractivity contribution in [3.8, 4) is 12.3 Å². The molecule has 1 aliphatic rings. The molecule has 16 heavy (non-hydrogen) atoms. The summed E-state index contributed by atoms with van der Waals surface area (Å²) >= 11 is 0. The Morgan fingerprint density at radius 2 is 2.12 bits per heavy atom. The number of hydrogen-bond donors (Lipinski definition) is 2. The second kappa shape index (κ2) is 5.91. The molecule has 1 fully saturated rings. The van der Waals surface area contributed by atoms with Crippen LogP contribution in [0.15, 0.2) is 0 Å². The summed E-state index contributed by atoms with van der Waals surface area (Å²) in [6.45, 7) is 1.92. The monoisotopic (exact) mass is 222 g/mol. The lowest BCUT2D eigenvalue weighted by Gasteiger charge is -2.33. The quantitative estimate of drug-likeness (QED) is 0.709. The molecule has 0 aromatic rings. The molecule has 1 unspecified atom stereocenters. The second-order valence-corrected chi connectivity index (χ2v) is 4.98. The van der Waals surface area contributed by atoms with E-state index in [1.54, 1.807) is 0 Å². The Morgan fingerprint density at radius 3 is 2.69 bits per heavy atom. The van der Waals surface area contributed by atoms with Gasteiger partial charge in [-0.1, -0.05) is 19.3 Å². The predicted molar refractivity (Wildman–Crippen MR) is 65.7 cm³/mol. The van der Waals surface area contributed by atoms with Crippen LogP contribution in [-0.2, 0) is 4.79 Å². The molecule has 0 bridgehead atoms. The SMILES string of the molecule is C#CCC(C)NC(=O)CC1(N)CCCCC1. The zero-order valence-electron chi connectivity index (χ0n) is 10.1. The molecule has 0 radical (unpaired) electrons. The van der Waals surface area contributed by atoms with Crippen LogP contribution in [0, 0.1) is 12.3 Å². The van der Waals surface area contributed by atoms with E-state index < -0.39 is 0 Å². The van der Waals surface area contributed by atoms with Crippen LogP contribution in [0.3, 0.4) is 0 Å². The topological polar surface area (TPSA) is 55.1 Å². The summed E-state index contributed by atoms with van der Waals surface area (Å²) in [5.41, 5.74) is 5.93. The first-order valence-corrected chi connectivity index (χ1v) is 6.07. The van der Waals surface area contributed by atoms with E-state index in [9.17, 15) is 4.79 Å². The van der Waals surface area contributed by atoms with E-state index in [0.717, 1.165) is 25.7 Å². The molecule has 0 spiro atoms. The van der Waals surface area contributed by atoms with Crippen molar-refractivity contribution in [3.63, 3.8) is 0 Å². The first kappa shape index (κ1) is 13.1. The molecule has 0 saturated heterocycles. The summed E-state index contributed by atoms with van der Waals surface area (Å²) in [6.07, 6.45) is 11.6. The van der Waals surface area contributed by atoms with Crippen molar-refractivity contribution in [2.75, 3.05) is 0 Å². The van der Waals surface area contributed by atoms with Gasteiger partial charge in [0.05, 0.1) is 0 Å². The Kier molecular flexibility index (Phi) is 4.82. The van der Waals surface area contributed by atoms with Crippen molar-refractivity contribution in [2.45, 2.75) is 63.5 Å². The van der Waals surface area contributed by atoms with Crippen LogP contribution >= 0.6 is 0 Å². The lowest BCUT2D eigenvalue weighted by molar-refractivity contribution is -0.123. The minimum absolute atomic E-state index is 0.0344. The average molecular weight is 222 g/mol. The van der Waals surface area contributed by atoms with Gasteiger partial charge < -0.3 is 11.1 Å². The van der Waals surface area contributed by atoms with E-state index in [0.29, 0.717) is 12.8 Å². The summed E-state index contributed by atoms with van der Waals surface area (Å²) in [6, 6.07) is 0.0460. The molecule has 3 heteroatoms. The number of nitrogens with one attached hydrogen (secondary N) is 1. The fourth-order valence-corrected chi connectivity index (χ4v) is 2.31. The van der Waals surface area contributed by atoms with Crippen LogP contribution in [0.4, 0.5) is 0 Å². The number of rotatable bonds is 4. The maximum atomic E-state index is 11.7. The third-order valence-corrected chi connectivity index (χ3v) is 3.19. The van der Waals surface area contributed by atoms with Gasteiger partial charge in [0.25, 0.3) is 0 Å². The van der Waals surface area contributed by atoms with Gasteiger partial charge in [-0.3, -0.25) is 4.79 Å². The summed E-state index contributed by atoms with van der Waals surface area (Å²) in [5.74, 6) is 2.57. The van der Waals surface area contributed by atoms with Crippen molar-refractivity contribution in [1.82, 2.24) is 5.32 Å². The molecule has 0 aromatic heterocycles. The highest BCUT2D eigenvalue weighted by Crippen LogP contribution is 2.28. The van der Waals surface area contributed by atoms with Gasteiger partial charge in [-0.05, 0) is 19.8 Å². The molecular weight excluding hydrogens is 200 g/mol. The lowest BCUT2D eigenvalue weighted by Crippen LogP contribution is -2.47. The highest BCUT2D eigenvalue weighted by atomic mass is 16.1. The third-order valence-electron chi connectivity index (χ3n) is 3.19. The molecule has 1 aliphatic carbocycles. The van der Waals surface area contributed by atoms with Crippen LogP contribution in [0.25, 0.3) is 0 Å². The Morgan fingerprint density at radius 1 is 1.50 bits per heavy atom. The van der Waals surface area contributed by atoms with Gasteiger partial charge in [-0.2, -0.15) is 0 Å². The fourth-order valence-electron chi connectivity index (χ4n) is 2.31. The Labute approximate surface area is 98.2 Å². The van der Waals surface area contributed by atoms with Gasteiger partial charge in [0.1, 0.15) is 0 Å². The van der Waals surface area contributed by atoms with Crippen molar-refractivity contribution in [1.29, 1.82) is 0 Å². The highest BCUT2D eigenvalue weighted by molar-refractivity contribution is 5.77. The van der Waals surface area contributed by atoms with Gasteiger partial charge >= 0.3 is 0 Å². The van der Waals surface area contributed by atoms with Gasteiger partial charge in [0.2, 0.25) is 5.91 Å². The van der Waals surface area contributed by atoms with Crippen LogP contribution in [-0.4, -0.2) is 17.5 Å². The molecule has 3 nitrogen and oxygen atoms in total. The summed E-state index contributed by atoms with van der Waals surface area (Å²) in [5, 5.41) is 2.89. The predicted octanol–water partition coefficient (Wildman–Crippen LogP) is 1.57.